The Labute approximate surface area is 202 Å². The van der Waals surface area contributed by atoms with Crippen LogP contribution in [0.15, 0.2) is 53.6 Å². The number of methoxy groups -OCH3 is 2. The number of aromatic nitrogens is 2. The Morgan fingerprint density at radius 2 is 1.85 bits per heavy atom. The monoisotopic (exact) mass is 505 g/mol. The van der Waals surface area contributed by atoms with Gasteiger partial charge in [-0.15, -0.1) is 0 Å². The minimum Gasteiger partial charge on any atom is -0.493 e. The van der Waals surface area contributed by atoms with Crippen LogP contribution in [0.2, 0.25) is 5.15 Å². The fourth-order valence-electron chi connectivity index (χ4n) is 3.16. The average Bonchev–Trinajstić information content (AvgIpc) is 3.10. The summed E-state index contributed by atoms with van der Waals surface area (Å²) < 4.78 is 37.7. The predicted molar refractivity (Wildman–Crippen MR) is 131 cm³/mol. The van der Waals surface area contributed by atoms with Gasteiger partial charge >= 0.3 is 0 Å². The fourth-order valence-corrected chi connectivity index (χ4v) is 4.27. The number of benzene rings is 2. The third-order valence-corrected chi connectivity index (χ3v) is 6.26. The molecule has 3 rings (SSSR count). The van der Waals surface area contributed by atoms with E-state index in [9.17, 15) is 13.2 Å². The summed E-state index contributed by atoms with van der Waals surface area (Å²) in [5, 5.41) is 8.44. The predicted octanol–water partition coefficient (Wildman–Crippen LogP) is 2.77. The number of sulfonamides is 1. The van der Waals surface area contributed by atoms with E-state index in [0.29, 0.717) is 17.1 Å². The molecule has 0 atom stereocenters. The van der Waals surface area contributed by atoms with Crippen LogP contribution in [0.25, 0.3) is 5.69 Å². The van der Waals surface area contributed by atoms with E-state index in [0.717, 1.165) is 21.9 Å². The topological polar surface area (TPSA) is 115 Å². The SMILES string of the molecule is COc1ccc(N(CC(=O)N/N=C\c2c(Cl)nn(-c3ccccc3)c2C)S(C)(=O)=O)cc1OC. The summed E-state index contributed by atoms with van der Waals surface area (Å²) in [6, 6.07) is 14.0. The normalized spacial score (nSPS) is 11.4. The van der Waals surface area contributed by atoms with Gasteiger partial charge in [-0.1, -0.05) is 29.8 Å². The standard InChI is InChI=1S/C22H24ClN5O5S/c1-15-18(22(23)26-28(15)16-8-6-5-7-9-16)13-24-25-21(29)14-27(34(4,30)31)17-10-11-19(32-2)20(12-17)33-3/h5-13H,14H2,1-4H3,(H,25,29)/b24-13-. The van der Waals surface area contributed by atoms with Crippen molar-refractivity contribution < 1.29 is 22.7 Å². The summed E-state index contributed by atoms with van der Waals surface area (Å²) in [6.45, 7) is 1.32. The number of nitrogens with zero attached hydrogens (tertiary/aromatic N) is 4. The first-order valence-corrected chi connectivity index (χ1v) is 12.2. The van der Waals surface area contributed by atoms with Crippen molar-refractivity contribution in [3.05, 3.63) is 64.9 Å². The zero-order valence-electron chi connectivity index (χ0n) is 19.0. The summed E-state index contributed by atoms with van der Waals surface area (Å²) in [5.74, 6) is 0.102. The summed E-state index contributed by atoms with van der Waals surface area (Å²) in [7, 11) is -0.887. The highest BCUT2D eigenvalue weighted by molar-refractivity contribution is 7.92. The molecule has 0 unspecified atom stereocenters. The quantitative estimate of drug-likeness (QED) is 0.353. The molecule has 1 N–H and O–H groups in total. The molecule has 0 aliphatic carbocycles. The molecule has 34 heavy (non-hydrogen) atoms. The van der Waals surface area contributed by atoms with Crippen molar-refractivity contribution in [1.82, 2.24) is 15.2 Å². The van der Waals surface area contributed by atoms with Gasteiger partial charge in [0.25, 0.3) is 5.91 Å². The Kier molecular flexibility index (Phi) is 7.79. The van der Waals surface area contributed by atoms with Gasteiger partial charge in [0.1, 0.15) is 6.54 Å². The highest BCUT2D eigenvalue weighted by atomic mass is 35.5. The maximum atomic E-state index is 12.5. The molecule has 1 aromatic heterocycles. The van der Waals surface area contributed by atoms with E-state index in [1.807, 2.05) is 37.3 Å². The molecule has 0 radical (unpaired) electrons. The molecule has 0 aliphatic rings. The molecule has 1 amide bonds. The number of rotatable bonds is 9. The van der Waals surface area contributed by atoms with Gasteiger partial charge in [-0.2, -0.15) is 10.2 Å². The Morgan fingerprint density at radius 3 is 2.47 bits per heavy atom. The van der Waals surface area contributed by atoms with E-state index >= 15 is 0 Å². The number of ether oxygens (including phenoxy) is 2. The van der Waals surface area contributed by atoms with Gasteiger partial charge in [0.2, 0.25) is 10.0 Å². The molecule has 0 spiro atoms. The molecule has 180 valence electrons. The van der Waals surface area contributed by atoms with Crippen molar-refractivity contribution in [1.29, 1.82) is 0 Å². The van der Waals surface area contributed by atoms with E-state index in [1.54, 1.807) is 10.7 Å². The van der Waals surface area contributed by atoms with Gasteiger partial charge in [-0.3, -0.25) is 9.10 Å². The van der Waals surface area contributed by atoms with Crippen LogP contribution in [0, 0.1) is 6.92 Å². The van der Waals surface area contributed by atoms with E-state index < -0.39 is 22.5 Å². The summed E-state index contributed by atoms with van der Waals surface area (Å²) in [5.41, 5.74) is 4.63. The summed E-state index contributed by atoms with van der Waals surface area (Å²) in [6.07, 6.45) is 2.37. The molecular formula is C22H24ClN5O5S. The van der Waals surface area contributed by atoms with Gasteiger partial charge in [-0.05, 0) is 31.2 Å². The van der Waals surface area contributed by atoms with Crippen LogP contribution in [0.1, 0.15) is 11.3 Å². The molecule has 0 bridgehead atoms. The lowest BCUT2D eigenvalue weighted by molar-refractivity contribution is -0.119. The van der Waals surface area contributed by atoms with Crippen LogP contribution in [-0.2, 0) is 14.8 Å². The number of nitrogens with one attached hydrogen (secondary N) is 1. The third kappa shape index (κ3) is 5.67. The number of hydrogen-bond acceptors (Lipinski definition) is 7. The lowest BCUT2D eigenvalue weighted by Crippen LogP contribution is -2.39. The van der Waals surface area contributed by atoms with E-state index in [2.05, 4.69) is 15.6 Å². The summed E-state index contributed by atoms with van der Waals surface area (Å²) in [4.78, 5) is 12.5. The van der Waals surface area contributed by atoms with Crippen LogP contribution in [0.4, 0.5) is 5.69 Å². The second-order valence-corrected chi connectivity index (χ2v) is 9.40. The maximum absolute atomic E-state index is 12.5. The van der Waals surface area contributed by atoms with E-state index in [1.165, 1.54) is 32.6 Å². The Balaban J connectivity index is 1.76. The number of para-hydroxylation sites is 1. The Morgan fingerprint density at radius 1 is 1.18 bits per heavy atom. The first-order valence-electron chi connectivity index (χ1n) is 9.98. The smallest absolute Gasteiger partial charge is 0.260 e. The Bertz CT molecular complexity index is 1310. The molecule has 0 aliphatic heterocycles. The zero-order valence-corrected chi connectivity index (χ0v) is 20.6. The zero-order chi connectivity index (χ0) is 24.9. The van der Waals surface area contributed by atoms with Gasteiger partial charge in [0.15, 0.2) is 16.7 Å². The molecule has 3 aromatic rings. The average molecular weight is 506 g/mol. The van der Waals surface area contributed by atoms with Gasteiger partial charge in [0, 0.05) is 6.07 Å². The first-order chi connectivity index (χ1) is 16.2. The molecule has 0 saturated carbocycles. The number of hydrogen-bond donors (Lipinski definition) is 1. The van der Waals surface area contributed by atoms with Crippen molar-refractivity contribution in [3.63, 3.8) is 0 Å². The number of hydrazone groups is 1. The largest absolute Gasteiger partial charge is 0.493 e. The number of carbonyl (C=O) groups is 1. The molecule has 12 heteroatoms. The van der Waals surface area contributed by atoms with Crippen LogP contribution in [-0.4, -0.2) is 57.3 Å². The van der Waals surface area contributed by atoms with Crippen molar-refractivity contribution in [2.75, 3.05) is 31.3 Å². The molecule has 0 fully saturated rings. The maximum Gasteiger partial charge on any atom is 0.260 e. The van der Waals surface area contributed by atoms with Crippen LogP contribution < -0.4 is 19.2 Å². The first kappa shape index (κ1) is 25.1. The van der Waals surface area contributed by atoms with Crippen molar-refractivity contribution >= 4 is 39.4 Å². The molecular weight excluding hydrogens is 482 g/mol. The van der Waals surface area contributed by atoms with Crippen molar-refractivity contribution in [3.8, 4) is 17.2 Å². The minimum absolute atomic E-state index is 0.211. The van der Waals surface area contributed by atoms with Crippen molar-refractivity contribution in [2.45, 2.75) is 6.92 Å². The van der Waals surface area contributed by atoms with Gasteiger partial charge in [0.05, 0.1) is 49.3 Å². The lowest BCUT2D eigenvalue weighted by Gasteiger charge is -2.22. The second kappa shape index (κ2) is 10.6. The minimum atomic E-state index is -3.79. The number of anilines is 1. The molecule has 1 heterocycles. The number of carbonyl (C=O) groups excluding carboxylic acids is 1. The van der Waals surface area contributed by atoms with Crippen molar-refractivity contribution in [2.24, 2.45) is 5.10 Å². The highest BCUT2D eigenvalue weighted by Gasteiger charge is 2.22. The van der Waals surface area contributed by atoms with Gasteiger partial charge < -0.3 is 9.47 Å². The van der Waals surface area contributed by atoms with Crippen LogP contribution in [0.3, 0.4) is 0 Å². The van der Waals surface area contributed by atoms with Gasteiger partial charge in [-0.25, -0.2) is 18.5 Å². The molecule has 0 saturated heterocycles. The number of halogens is 1. The molecule has 10 nitrogen and oxygen atoms in total. The van der Waals surface area contributed by atoms with Crippen LogP contribution in [0.5, 0.6) is 11.5 Å². The Hall–Kier alpha value is -3.57. The van der Waals surface area contributed by atoms with Crippen LogP contribution >= 0.6 is 11.6 Å². The highest BCUT2D eigenvalue weighted by Crippen LogP contribution is 2.32. The number of amides is 1. The second-order valence-electron chi connectivity index (χ2n) is 7.14. The molecule has 2 aromatic carbocycles. The lowest BCUT2D eigenvalue weighted by atomic mass is 10.2. The van der Waals surface area contributed by atoms with E-state index in [4.69, 9.17) is 21.1 Å². The fraction of sp³-hybridized carbons (Fsp3) is 0.227. The summed E-state index contributed by atoms with van der Waals surface area (Å²) >= 11 is 6.25. The van der Waals surface area contributed by atoms with E-state index in [-0.39, 0.29) is 10.8 Å². The third-order valence-electron chi connectivity index (χ3n) is 4.84.